The lowest BCUT2D eigenvalue weighted by molar-refractivity contribution is -0.895. The fourth-order valence-corrected chi connectivity index (χ4v) is 3.99. The monoisotopic (exact) mass is 452 g/mol. The number of amides is 1. The molecular formula is C26H29FN2O4. The molecule has 1 N–H and O–H groups in total. The molecule has 174 valence electrons. The first-order valence-electron chi connectivity index (χ1n) is 11.1. The number of rotatable bonds is 10. The molecule has 0 aromatic heterocycles. The fraction of sp³-hybridized carbons (Fsp3) is 0.308. The largest absolute Gasteiger partial charge is 0.872 e. The lowest BCUT2D eigenvalue weighted by Crippen LogP contribution is -3.12. The van der Waals surface area contributed by atoms with E-state index in [1.165, 1.54) is 21.9 Å². The van der Waals surface area contributed by atoms with Crippen LogP contribution in [0.15, 0.2) is 66.8 Å². The molecule has 1 atom stereocenters. The summed E-state index contributed by atoms with van der Waals surface area (Å²) in [7, 11) is 0. The molecule has 2 aromatic rings. The second kappa shape index (κ2) is 10.9. The highest BCUT2D eigenvalue weighted by atomic mass is 19.1. The standard InChI is InChI=1S/C26H29FN2O4/c1-4-17-33-21-13-9-18(10-14-21)23-22(24(30)19-7-11-20(27)12-8-19)25(31)26(32)29(23)16-15-28(5-2)6-3/h4,7-14,23,30H,1,5-6,15-17H2,2-3H3/b24-22+. The first-order chi connectivity index (χ1) is 15.9. The maximum absolute atomic E-state index is 13.4. The lowest BCUT2D eigenvalue weighted by Gasteiger charge is -2.28. The Balaban J connectivity index is 2.05. The number of halogens is 1. The molecule has 0 aliphatic carbocycles. The number of likely N-dealkylation sites (tertiary alicyclic amines) is 1. The van der Waals surface area contributed by atoms with E-state index >= 15 is 0 Å². The molecule has 0 spiro atoms. The Morgan fingerprint density at radius 2 is 1.76 bits per heavy atom. The molecule has 0 bridgehead atoms. The van der Waals surface area contributed by atoms with E-state index < -0.39 is 29.3 Å². The molecule has 1 aliphatic heterocycles. The minimum absolute atomic E-state index is 0.110. The van der Waals surface area contributed by atoms with Crippen molar-refractivity contribution < 1.29 is 28.7 Å². The molecule has 3 rings (SSSR count). The summed E-state index contributed by atoms with van der Waals surface area (Å²) in [5.74, 6) is -1.94. The Bertz CT molecular complexity index is 1030. The molecule has 1 heterocycles. The predicted octanol–water partition coefficient (Wildman–Crippen LogP) is 1.54. The van der Waals surface area contributed by atoms with E-state index in [0.29, 0.717) is 31.0 Å². The number of likely N-dealkylation sites (N-methyl/N-ethyl adjacent to an activating group) is 1. The van der Waals surface area contributed by atoms with Gasteiger partial charge in [0.05, 0.1) is 32.2 Å². The predicted molar refractivity (Wildman–Crippen MR) is 122 cm³/mol. The van der Waals surface area contributed by atoms with E-state index in [-0.39, 0.29) is 11.1 Å². The number of ether oxygens (including phenoxy) is 1. The van der Waals surface area contributed by atoms with Gasteiger partial charge < -0.3 is 19.6 Å². The van der Waals surface area contributed by atoms with E-state index in [1.54, 1.807) is 30.3 Å². The Kier molecular flexibility index (Phi) is 8.01. The van der Waals surface area contributed by atoms with Gasteiger partial charge in [0.15, 0.2) is 0 Å². The maximum Gasteiger partial charge on any atom is 0.295 e. The third kappa shape index (κ3) is 5.31. The highest BCUT2D eigenvalue weighted by Crippen LogP contribution is 2.38. The number of benzene rings is 2. The normalized spacial score (nSPS) is 17.6. The van der Waals surface area contributed by atoms with Crippen LogP contribution in [0, 0.1) is 5.82 Å². The van der Waals surface area contributed by atoms with Crippen molar-refractivity contribution in [2.45, 2.75) is 19.9 Å². The summed E-state index contributed by atoms with van der Waals surface area (Å²) in [6.45, 7) is 10.9. The summed E-state index contributed by atoms with van der Waals surface area (Å²) in [5, 5.41) is 13.3. The summed E-state index contributed by atoms with van der Waals surface area (Å²) in [5.41, 5.74) is 0.695. The zero-order valence-corrected chi connectivity index (χ0v) is 19.0. The molecule has 7 heteroatoms. The van der Waals surface area contributed by atoms with Gasteiger partial charge in [-0.2, -0.15) is 0 Å². The number of hydrogen-bond acceptors (Lipinski definition) is 4. The number of ketones is 1. The van der Waals surface area contributed by atoms with E-state index in [0.717, 1.165) is 25.2 Å². The van der Waals surface area contributed by atoms with Crippen LogP contribution < -0.4 is 14.7 Å². The molecule has 1 fully saturated rings. The minimum Gasteiger partial charge on any atom is -0.872 e. The van der Waals surface area contributed by atoms with Crippen molar-refractivity contribution >= 4 is 17.4 Å². The zero-order chi connectivity index (χ0) is 24.0. The van der Waals surface area contributed by atoms with Crippen LogP contribution in [0.1, 0.15) is 31.0 Å². The lowest BCUT2D eigenvalue weighted by atomic mass is 9.95. The van der Waals surface area contributed by atoms with Crippen LogP contribution in [0.4, 0.5) is 4.39 Å². The smallest absolute Gasteiger partial charge is 0.295 e. The van der Waals surface area contributed by atoms with E-state index in [1.807, 2.05) is 0 Å². The summed E-state index contributed by atoms with van der Waals surface area (Å²) >= 11 is 0. The van der Waals surface area contributed by atoms with Crippen molar-refractivity contribution in [3.05, 3.63) is 83.7 Å². The second-order valence-electron chi connectivity index (χ2n) is 7.86. The Hall–Kier alpha value is -3.45. The van der Waals surface area contributed by atoms with Gasteiger partial charge in [-0.15, -0.1) is 0 Å². The van der Waals surface area contributed by atoms with Gasteiger partial charge in [-0.05, 0) is 49.2 Å². The number of Topliss-reactive ketones (excluding diaryl/α,β-unsaturated/α-hetero) is 1. The SMILES string of the molecule is C=CCOc1ccc(C2/C(=C(\[O-])c3ccc(F)cc3)C(=O)C(=O)N2CC[NH+](CC)CC)cc1. The Labute approximate surface area is 193 Å². The van der Waals surface area contributed by atoms with Crippen LogP contribution in [-0.2, 0) is 9.59 Å². The topological polar surface area (TPSA) is 74.1 Å². The molecule has 1 saturated heterocycles. The Morgan fingerprint density at radius 1 is 1.12 bits per heavy atom. The number of nitrogens with zero attached hydrogens (tertiary/aromatic N) is 1. The highest BCUT2D eigenvalue weighted by Gasteiger charge is 2.44. The van der Waals surface area contributed by atoms with Crippen molar-refractivity contribution in [3.8, 4) is 5.75 Å². The third-order valence-electron chi connectivity index (χ3n) is 5.91. The van der Waals surface area contributed by atoms with Crippen molar-refractivity contribution in [1.82, 2.24) is 4.90 Å². The second-order valence-corrected chi connectivity index (χ2v) is 7.86. The van der Waals surface area contributed by atoms with Crippen LogP contribution in [-0.4, -0.2) is 49.4 Å². The fourth-order valence-electron chi connectivity index (χ4n) is 3.99. The molecule has 2 aromatic carbocycles. The average Bonchev–Trinajstić information content (AvgIpc) is 3.08. The highest BCUT2D eigenvalue weighted by molar-refractivity contribution is 6.46. The van der Waals surface area contributed by atoms with Gasteiger partial charge in [0.1, 0.15) is 18.2 Å². The molecule has 33 heavy (non-hydrogen) atoms. The molecule has 0 radical (unpaired) electrons. The molecule has 0 saturated carbocycles. The van der Waals surface area contributed by atoms with Crippen LogP contribution >= 0.6 is 0 Å². The summed E-state index contributed by atoms with van der Waals surface area (Å²) in [6, 6.07) is 11.1. The summed E-state index contributed by atoms with van der Waals surface area (Å²) < 4.78 is 18.9. The van der Waals surface area contributed by atoms with Gasteiger partial charge in [-0.25, -0.2) is 4.39 Å². The number of nitrogens with one attached hydrogen (secondary N) is 1. The van der Waals surface area contributed by atoms with Gasteiger partial charge in [0, 0.05) is 5.57 Å². The summed E-state index contributed by atoms with van der Waals surface area (Å²) in [6.07, 6.45) is 1.63. The first kappa shape index (κ1) is 24.2. The average molecular weight is 453 g/mol. The van der Waals surface area contributed by atoms with Gasteiger partial charge in [-0.3, -0.25) is 9.59 Å². The number of quaternary nitrogens is 1. The van der Waals surface area contributed by atoms with E-state index in [4.69, 9.17) is 4.74 Å². The maximum atomic E-state index is 13.4. The zero-order valence-electron chi connectivity index (χ0n) is 19.0. The molecule has 1 aliphatic rings. The van der Waals surface area contributed by atoms with Gasteiger partial charge in [0.2, 0.25) is 5.78 Å². The molecule has 6 nitrogen and oxygen atoms in total. The molecular weight excluding hydrogens is 423 g/mol. The van der Waals surface area contributed by atoms with Crippen molar-refractivity contribution in [2.24, 2.45) is 0 Å². The van der Waals surface area contributed by atoms with Crippen LogP contribution in [0.5, 0.6) is 5.75 Å². The van der Waals surface area contributed by atoms with E-state index in [9.17, 15) is 19.1 Å². The van der Waals surface area contributed by atoms with E-state index in [2.05, 4.69) is 20.4 Å². The van der Waals surface area contributed by atoms with Crippen molar-refractivity contribution in [2.75, 3.05) is 32.8 Å². The molecule has 1 unspecified atom stereocenters. The Morgan fingerprint density at radius 3 is 2.33 bits per heavy atom. The first-order valence-corrected chi connectivity index (χ1v) is 11.1. The van der Waals surface area contributed by atoms with Crippen LogP contribution in [0.3, 0.4) is 0 Å². The summed E-state index contributed by atoms with van der Waals surface area (Å²) in [4.78, 5) is 28.7. The number of carbonyl (C=O) groups is 2. The van der Waals surface area contributed by atoms with Gasteiger partial charge in [0.25, 0.3) is 5.91 Å². The number of carbonyl (C=O) groups excluding carboxylic acids is 2. The van der Waals surface area contributed by atoms with Gasteiger partial charge >= 0.3 is 0 Å². The molecule has 1 amide bonds. The van der Waals surface area contributed by atoms with Crippen LogP contribution in [0.2, 0.25) is 0 Å². The van der Waals surface area contributed by atoms with Crippen molar-refractivity contribution in [1.29, 1.82) is 0 Å². The van der Waals surface area contributed by atoms with Crippen LogP contribution in [0.25, 0.3) is 5.76 Å². The quantitative estimate of drug-likeness (QED) is 0.257. The van der Waals surface area contributed by atoms with Gasteiger partial charge in [-0.1, -0.05) is 42.7 Å². The minimum atomic E-state index is -0.814. The third-order valence-corrected chi connectivity index (χ3v) is 5.91. The number of hydrogen-bond donors (Lipinski definition) is 1. The van der Waals surface area contributed by atoms with Crippen molar-refractivity contribution in [3.63, 3.8) is 0 Å².